The minimum Gasteiger partial charge on any atom is -0.399 e. The number of nitrogens with two attached hydrogens (primary N) is 1. The molecular formula is C8H6ClN3. The molecule has 0 amide bonds. The number of aromatic nitrogens is 2. The highest BCUT2D eigenvalue weighted by molar-refractivity contribution is 6.34. The molecular weight excluding hydrogens is 174 g/mol. The Bertz CT molecular complexity index is 428. The number of rotatable bonds is 0. The molecule has 0 fully saturated rings. The van der Waals surface area contributed by atoms with Crippen molar-refractivity contribution in [3.8, 4) is 0 Å². The van der Waals surface area contributed by atoms with Gasteiger partial charge in [0.05, 0.1) is 6.20 Å². The molecule has 0 bridgehead atoms. The van der Waals surface area contributed by atoms with E-state index in [1.807, 2.05) is 6.07 Å². The quantitative estimate of drug-likeness (QED) is 0.628. The highest BCUT2D eigenvalue weighted by Gasteiger charge is 1.99. The lowest BCUT2D eigenvalue weighted by Gasteiger charge is -1.98. The largest absolute Gasteiger partial charge is 0.399 e. The molecule has 12 heavy (non-hydrogen) atoms. The smallest absolute Gasteiger partial charge is 0.159 e. The van der Waals surface area contributed by atoms with E-state index in [0.29, 0.717) is 10.8 Å². The topological polar surface area (TPSA) is 51.8 Å². The zero-order valence-corrected chi connectivity index (χ0v) is 6.92. The van der Waals surface area contributed by atoms with Crippen molar-refractivity contribution >= 4 is 28.1 Å². The molecule has 3 nitrogen and oxygen atoms in total. The van der Waals surface area contributed by atoms with Gasteiger partial charge in [-0.1, -0.05) is 17.7 Å². The Labute approximate surface area is 74.2 Å². The lowest BCUT2D eigenvalue weighted by atomic mass is 10.2. The Morgan fingerprint density at radius 1 is 1.33 bits per heavy atom. The number of nitrogens with zero attached hydrogens (tertiary/aromatic N) is 2. The van der Waals surface area contributed by atoms with Gasteiger partial charge < -0.3 is 5.73 Å². The molecule has 0 aliphatic carbocycles. The highest BCUT2D eigenvalue weighted by atomic mass is 35.5. The minimum absolute atomic E-state index is 0.389. The van der Waals surface area contributed by atoms with Crippen molar-refractivity contribution in [2.75, 3.05) is 5.73 Å². The summed E-state index contributed by atoms with van der Waals surface area (Å²) in [6, 6.07) is 5.46. The van der Waals surface area contributed by atoms with E-state index in [1.165, 1.54) is 0 Å². The van der Waals surface area contributed by atoms with Crippen LogP contribution in [0, 0.1) is 0 Å². The van der Waals surface area contributed by atoms with E-state index in [4.69, 9.17) is 17.3 Å². The summed E-state index contributed by atoms with van der Waals surface area (Å²) in [6.45, 7) is 0. The molecule has 4 heteroatoms. The third kappa shape index (κ3) is 1.08. The van der Waals surface area contributed by atoms with Crippen LogP contribution >= 0.6 is 11.6 Å². The van der Waals surface area contributed by atoms with E-state index in [1.54, 1.807) is 18.3 Å². The molecule has 0 aliphatic rings. The fourth-order valence-corrected chi connectivity index (χ4v) is 1.27. The van der Waals surface area contributed by atoms with Crippen molar-refractivity contribution in [3.05, 3.63) is 29.5 Å². The van der Waals surface area contributed by atoms with E-state index < -0.39 is 0 Å². The van der Waals surface area contributed by atoms with Gasteiger partial charge in [0.15, 0.2) is 5.15 Å². The Kier molecular flexibility index (Phi) is 1.59. The van der Waals surface area contributed by atoms with E-state index >= 15 is 0 Å². The zero-order valence-electron chi connectivity index (χ0n) is 6.16. The summed E-state index contributed by atoms with van der Waals surface area (Å²) in [5, 5.41) is 9.60. The molecule has 0 unspecified atom stereocenters. The normalized spacial score (nSPS) is 10.4. The van der Waals surface area contributed by atoms with Crippen molar-refractivity contribution < 1.29 is 0 Å². The van der Waals surface area contributed by atoms with Gasteiger partial charge in [-0.25, -0.2) is 0 Å². The van der Waals surface area contributed by atoms with Gasteiger partial charge in [0, 0.05) is 16.5 Å². The molecule has 0 aliphatic heterocycles. The lowest BCUT2D eigenvalue weighted by molar-refractivity contribution is 1.05. The van der Waals surface area contributed by atoms with E-state index in [9.17, 15) is 0 Å². The summed E-state index contributed by atoms with van der Waals surface area (Å²) in [5.41, 5.74) is 6.26. The molecule has 1 aromatic carbocycles. The Morgan fingerprint density at radius 3 is 3.00 bits per heavy atom. The van der Waals surface area contributed by atoms with Gasteiger partial charge in [-0.15, -0.1) is 5.10 Å². The molecule has 2 rings (SSSR count). The maximum Gasteiger partial charge on any atom is 0.159 e. The summed E-state index contributed by atoms with van der Waals surface area (Å²) < 4.78 is 0. The lowest BCUT2D eigenvalue weighted by Crippen LogP contribution is -1.87. The van der Waals surface area contributed by atoms with Crippen LogP contribution in [0.5, 0.6) is 0 Å². The van der Waals surface area contributed by atoms with Gasteiger partial charge in [-0.3, -0.25) is 0 Å². The van der Waals surface area contributed by atoms with Crippen LogP contribution in [-0.4, -0.2) is 10.2 Å². The maximum atomic E-state index is 5.80. The fourth-order valence-electron chi connectivity index (χ4n) is 1.06. The standard InChI is InChI=1S/C8H6ClN3/c9-8-7-3-6(10)2-1-5(7)4-11-12-8/h1-4H,10H2. The van der Waals surface area contributed by atoms with Crippen molar-refractivity contribution in [2.24, 2.45) is 0 Å². The molecule has 0 spiro atoms. The van der Waals surface area contributed by atoms with Crippen molar-refractivity contribution in [1.29, 1.82) is 0 Å². The SMILES string of the molecule is Nc1ccc2cnnc(Cl)c2c1. The maximum absolute atomic E-state index is 5.80. The average Bonchev–Trinajstić information content (AvgIpc) is 2.07. The second-order valence-corrected chi connectivity index (χ2v) is 2.84. The van der Waals surface area contributed by atoms with Gasteiger partial charge in [0.25, 0.3) is 0 Å². The number of hydrogen-bond acceptors (Lipinski definition) is 3. The number of anilines is 1. The monoisotopic (exact) mass is 179 g/mol. The summed E-state index contributed by atoms with van der Waals surface area (Å²) in [4.78, 5) is 0. The van der Waals surface area contributed by atoms with Crippen LogP contribution in [0.4, 0.5) is 5.69 Å². The Morgan fingerprint density at radius 2 is 2.17 bits per heavy atom. The van der Waals surface area contributed by atoms with Crippen LogP contribution in [0.2, 0.25) is 5.15 Å². The Hall–Kier alpha value is -1.35. The van der Waals surface area contributed by atoms with Crippen molar-refractivity contribution in [3.63, 3.8) is 0 Å². The first-order valence-electron chi connectivity index (χ1n) is 3.44. The fraction of sp³-hybridized carbons (Fsp3) is 0. The van der Waals surface area contributed by atoms with Crippen LogP contribution < -0.4 is 5.73 Å². The second kappa shape index (κ2) is 2.60. The number of nitrogen functional groups attached to an aromatic ring is 1. The summed E-state index contributed by atoms with van der Waals surface area (Å²) in [5.74, 6) is 0. The number of hydrogen-bond donors (Lipinski definition) is 1. The van der Waals surface area contributed by atoms with Crippen molar-refractivity contribution in [2.45, 2.75) is 0 Å². The number of fused-ring (bicyclic) bond motifs is 1. The van der Waals surface area contributed by atoms with E-state index in [0.717, 1.165) is 10.8 Å². The van der Waals surface area contributed by atoms with E-state index in [-0.39, 0.29) is 0 Å². The third-order valence-corrected chi connectivity index (χ3v) is 1.92. The predicted octanol–water partition coefficient (Wildman–Crippen LogP) is 1.87. The summed E-state index contributed by atoms with van der Waals surface area (Å²) in [7, 11) is 0. The predicted molar refractivity (Wildman–Crippen MR) is 49.0 cm³/mol. The van der Waals surface area contributed by atoms with Crippen LogP contribution in [0.25, 0.3) is 10.8 Å². The third-order valence-electron chi connectivity index (χ3n) is 1.64. The van der Waals surface area contributed by atoms with Gasteiger partial charge >= 0.3 is 0 Å². The molecule has 2 aromatic rings. The zero-order chi connectivity index (χ0) is 8.55. The molecule has 2 N–H and O–H groups in total. The minimum atomic E-state index is 0.389. The van der Waals surface area contributed by atoms with Gasteiger partial charge in [0.1, 0.15) is 0 Å². The van der Waals surface area contributed by atoms with Crippen LogP contribution in [-0.2, 0) is 0 Å². The molecule has 0 radical (unpaired) electrons. The Balaban J connectivity index is 2.88. The summed E-state index contributed by atoms with van der Waals surface area (Å²) >= 11 is 5.80. The van der Waals surface area contributed by atoms with Crippen LogP contribution in [0.1, 0.15) is 0 Å². The van der Waals surface area contributed by atoms with Gasteiger partial charge in [-0.05, 0) is 12.1 Å². The highest BCUT2D eigenvalue weighted by Crippen LogP contribution is 2.21. The first-order chi connectivity index (χ1) is 5.77. The number of halogens is 1. The first kappa shape index (κ1) is 7.31. The van der Waals surface area contributed by atoms with Gasteiger partial charge in [0.2, 0.25) is 0 Å². The molecule has 0 saturated heterocycles. The molecule has 0 saturated carbocycles. The van der Waals surface area contributed by atoms with Gasteiger partial charge in [-0.2, -0.15) is 5.10 Å². The van der Waals surface area contributed by atoms with E-state index in [2.05, 4.69) is 10.2 Å². The first-order valence-corrected chi connectivity index (χ1v) is 3.81. The molecule has 60 valence electrons. The average molecular weight is 180 g/mol. The van der Waals surface area contributed by atoms with Crippen molar-refractivity contribution in [1.82, 2.24) is 10.2 Å². The van der Waals surface area contributed by atoms with Crippen LogP contribution in [0.15, 0.2) is 24.4 Å². The second-order valence-electron chi connectivity index (χ2n) is 2.48. The molecule has 1 heterocycles. The molecule has 0 atom stereocenters. The summed E-state index contributed by atoms with van der Waals surface area (Å²) in [6.07, 6.45) is 1.65. The molecule has 1 aromatic heterocycles. The van der Waals surface area contributed by atoms with Crippen LogP contribution in [0.3, 0.4) is 0 Å². The number of benzene rings is 1.